The molecule has 0 aliphatic carbocycles. The number of nitrogens with zero attached hydrogens (tertiary/aromatic N) is 2. The summed E-state index contributed by atoms with van der Waals surface area (Å²) in [6.07, 6.45) is 1.14. The monoisotopic (exact) mass is 561 g/mol. The fraction of sp³-hybridized carbons (Fsp3) is 0. The van der Waals surface area contributed by atoms with Crippen molar-refractivity contribution in [2.24, 2.45) is 0 Å². The molecule has 3 aromatic carbocycles. The highest BCUT2D eigenvalue weighted by Gasteiger charge is 2.20. The molecule has 172 valence electrons. The molecular formula is C22H13BrClN3O6S. The van der Waals surface area contributed by atoms with E-state index < -0.39 is 32.2 Å². The Morgan fingerprint density at radius 1 is 1.15 bits per heavy atom. The number of nitrogens with one attached hydrogen (secondary N) is 1. The molecule has 1 amide bonds. The molecule has 34 heavy (non-hydrogen) atoms. The molecule has 0 atom stereocenters. The Labute approximate surface area is 207 Å². The van der Waals surface area contributed by atoms with Gasteiger partial charge in [-0.3, -0.25) is 14.9 Å². The topological polar surface area (TPSA) is 139 Å². The maximum atomic E-state index is 12.6. The summed E-state index contributed by atoms with van der Waals surface area (Å²) in [4.78, 5) is 22.9. The first-order valence-electron chi connectivity index (χ1n) is 9.27. The maximum Gasteiger partial charge on any atom is 0.339 e. The third-order valence-corrected chi connectivity index (χ3v) is 6.33. The van der Waals surface area contributed by atoms with Crippen LogP contribution < -0.4 is 9.50 Å². The van der Waals surface area contributed by atoms with Crippen LogP contribution in [0, 0.1) is 21.4 Å². The molecule has 3 aromatic rings. The van der Waals surface area contributed by atoms with Crippen molar-refractivity contribution in [1.29, 1.82) is 5.26 Å². The number of hydrogen-bond donors (Lipinski definition) is 1. The number of nitro benzene ring substituents is 1. The quantitative estimate of drug-likeness (QED) is 0.135. The van der Waals surface area contributed by atoms with E-state index in [4.69, 9.17) is 15.8 Å². The van der Waals surface area contributed by atoms with Gasteiger partial charge in [-0.05, 0) is 48.5 Å². The fourth-order valence-corrected chi connectivity index (χ4v) is 4.23. The van der Waals surface area contributed by atoms with Crippen LogP contribution >= 0.6 is 27.5 Å². The zero-order valence-electron chi connectivity index (χ0n) is 16.9. The van der Waals surface area contributed by atoms with Gasteiger partial charge < -0.3 is 9.50 Å². The summed E-state index contributed by atoms with van der Waals surface area (Å²) in [5.74, 6) is -0.995. The summed E-state index contributed by atoms with van der Waals surface area (Å²) in [7, 11) is -4.18. The smallest absolute Gasteiger partial charge is 0.339 e. The van der Waals surface area contributed by atoms with Gasteiger partial charge in [-0.15, -0.1) is 0 Å². The van der Waals surface area contributed by atoms with Crippen LogP contribution in [0.5, 0.6) is 5.75 Å². The molecule has 0 aromatic heterocycles. The number of benzene rings is 3. The number of hydrogen-bond acceptors (Lipinski definition) is 7. The minimum absolute atomic E-state index is 0.0413. The van der Waals surface area contributed by atoms with E-state index in [9.17, 15) is 28.6 Å². The highest BCUT2D eigenvalue weighted by atomic mass is 79.9. The summed E-state index contributed by atoms with van der Waals surface area (Å²) < 4.78 is 31.0. The Morgan fingerprint density at radius 3 is 2.50 bits per heavy atom. The van der Waals surface area contributed by atoms with E-state index in [2.05, 4.69) is 21.2 Å². The van der Waals surface area contributed by atoms with E-state index in [-0.39, 0.29) is 26.9 Å². The second-order valence-corrected chi connectivity index (χ2v) is 9.45. The molecule has 0 bridgehead atoms. The van der Waals surface area contributed by atoms with Crippen LogP contribution in [-0.2, 0) is 14.9 Å². The van der Waals surface area contributed by atoms with Gasteiger partial charge in [0.15, 0.2) is 0 Å². The zero-order valence-corrected chi connectivity index (χ0v) is 20.1. The molecule has 0 radical (unpaired) electrons. The van der Waals surface area contributed by atoms with E-state index in [1.54, 1.807) is 12.1 Å². The van der Waals surface area contributed by atoms with Gasteiger partial charge in [-0.1, -0.05) is 45.7 Å². The Kier molecular flexibility index (Phi) is 7.68. The molecule has 0 unspecified atom stereocenters. The first-order valence-corrected chi connectivity index (χ1v) is 11.8. The molecule has 3 rings (SSSR count). The van der Waals surface area contributed by atoms with Crippen molar-refractivity contribution in [3.05, 3.63) is 97.5 Å². The predicted octanol–water partition coefficient (Wildman–Crippen LogP) is 5.32. The SMILES string of the molecule is N#C/C(=C\c1cc(Br)ccc1OS(=O)(=O)c1ccccc1)C(=O)Nc1ccc(Cl)c([N+](=O)[O-])c1. The van der Waals surface area contributed by atoms with E-state index >= 15 is 0 Å². The van der Waals surface area contributed by atoms with Crippen LogP contribution in [-0.4, -0.2) is 19.2 Å². The Bertz CT molecular complexity index is 1450. The van der Waals surface area contributed by atoms with Crippen LogP contribution in [0.1, 0.15) is 5.56 Å². The van der Waals surface area contributed by atoms with Crippen LogP contribution in [0.4, 0.5) is 11.4 Å². The fourth-order valence-electron chi connectivity index (χ4n) is 2.69. The molecular weight excluding hydrogens is 550 g/mol. The van der Waals surface area contributed by atoms with Gasteiger partial charge in [0.2, 0.25) is 0 Å². The van der Waals surface area contributed by atoms with Crippen molar-refractivity contribution < 1.29 is 22.3 Å². The van der Waals surface area contributed by atoms with Crippen LogP contribution in [0.15, 0.2) is 81.7 Å². The van der Waals surface area contributed by atoms with Gasteiger partial charge in [0, 0.05) is 21.8 Å². The molecule has 0 aliphatic rings. The van der Waals surface area contributed by atoms with Crippen LogP contribution in [0.25, 0.3) is 6.08 Å². The second kappa shape index (κ2) is 10.5. The van der Waals surface area contributed by atoms with Gasteiger partial charge in [0.1, 0.15) is 27.3 Å². The number of rotatable bonds is 7. The second-order valence-electron chi connectivity index (χ2n) is 6.58. The van der Waals surface area contributed by atoms with Crippen molar-refractivity contribution in [1.82, 2.24) is 0 Å². The lowest BCUT2D eigenvalue weighted by Crippen LogP contribution is -2.14. The molecule has 0 saturated heterocycles. The molecule has 0 heterocycles. The lowest BCUT2D eigenvalue weighted by atomic mass is 10.1. The number of carbonyl (C=O) groups excluding carboxylic acids is 1. The number of nitriles is 1. The number of nitro groups is 1. The molecule has 0 saturated carbocycles. The van der Waals surface area contributed by atoms with E-state index in [1.165, 1.54) is 54.6 Å². The highest BCUT2D eigenvalue weighted by Crippen LogP contribution is 2.30. The summed E-state index contributed by atoms with van der Waals surface area (Å²) in [6.45, 7) is 0. The van der Waals surface area contributed by atoms with Gasteiger partial charge in [0.25, 0.3) is 11.6 Å². The third kappa shape index (κ3) is 5.99. The summed E-state index contributed by atoms with van der Waals surface area (Å²) in [5.41, 5.74) is -0.657. The van der Waals surface area contributed by atoms with Gasteiger partial charge in [-0.2, -0.15) is 13.7 Å². The Balaban J connectivity index is 1.94. The molecule has 9 nitrogen and oxygen atoms in total. The van der Waals surface area contributed by atoms with Crippen LogP contribution in [0.2, 0.25) is 5.02 Å². The first-order chi connectivity index (χ1) is 16.1. The van der Waals surface area contributed by atoms with Gasteiger partial charge >= 0.3 is 10.1 Å². The number of amides is 1. The van der Waals surface area contributed by atoms with Crippen molar-refractivity contribution in [3.8, 4) is 11.8 Å². The molecule has 0 fully saturated rings. The lowest BCUT2D eigenvalue weighted by molar-refractivity contribution is -0.384. The van der Waals surface area contributed by atoms with E-state index in [1.807, 2.05) is 0 Å². The van der Waals surface area contributed by atoms with Crippen molar-refractivity contribution in [2.45, 2.75) is 4.90 Å². The number of anilines is 1. The molecule has 1 N–H and O–H groups in total. The number of carbonyl (C=O) groups is 1. The Hall–Kier alpha value is -3.72. The van der Waals surface area contributed by atoms with Crippen molar-refractivity contribution >= 4 is 61.0 Å². The minimum Gasteiger partial charge on any atom is -0.378 e. The van der Waals surface area contributed by atoms with E-state index in [0.717, 1.165) is 12.1 Å². The lowest BCUT2D eigenvalue weighted by Gasteiger charge is -2.11. The maximum absolute atomic E-state index is 12.6. The average Bonchev–Trinajstić information content (AvgIpc) is 2.80. The highest BCUT2D eigenvalue weighted by molar-refractivity contribution is 9.10. The van der Waals surface area contributed by atoms with Crippen molar-refractivity contribution in [2.75, 3.05) is 5.32 Å². The van der Waals surface area contributed by atoms with Crippen LogP contribution in [0.3, 0.4) is 0 Å². The first kappa shape index (κ1) is 24.9. The standard InChI is InChI=1S/C22H13BrClN3O6S/c23-16-6-9-21(33-34(31,32)18-4-2-1-3-5-18)14(11-16)10-15(13-25)22(28)26-17-7-8-19(24)20(12-17)27(29)30/h1-12H,(H,26,28)/b15-10+. The Morgan fingerprint density at radius 2 is 1.85 bits per heavy atom. The van der Waals surface area contributed by atoms with E-state index in [0.29, 0.717) is 4.47 Å². The van der Waals surface area contributed by atoms with Crippen molar-refractivity contribution in [3.63, 3.8) is 0 Å². The average molecular weight is 563 g/mol. The number of halogens is 2. The van der Waals surface area contributed by atoms with Gasteiger partial charge in [-0.25, -0.2) is 0 Å². The summed E-state index contributed by atoms with van der Waals surface area (Å²) in [6, 6.07) is 17.2. The normalized spacial score (nSPS) is 11.4. The summed E-state index contributed by atoms with van der Waals surface area (Å²) in [5, 5.41) is 22.8. The van der Waals surface area contributed by atoms with Gasteiger partial charge in [0.05, 0.1) is 4.92 Å². The molecule has 0 aliphatic heterocycles. The predicted molar refractivity (Wildman–Crippen MR) is 129 cm³/mol. The summed E-state index contributed by atoms with van der Waals surface area (Å²) >= 11 is 9.03. The molecule has 12 heteroatoms. The third-order valence-electron chi connectivity index (χ3n) is 4.27. The minimum atomic E-state index is -4.18. The molecule has 0 spiro atoms. The zero-order chi connectivity index (χ0) is 24.9. The largest absolute Gasteiger partial charge is 0.378 e.